The zero-order valence-corrected chi connectivity index (χ0v) is 11.0. The first-order valence-electron chi connectivity index (χ1n) is 6.28. The molecule has 0 aliphatic heterocycles. The Morgan fingerprint density at radius 1 is 0.905 bits per heavy atom. The van der Waals surface area contributed by atoms with Crippen molar-refractivity contribution in [3.05, 3.63) is 66.9 Å². The summed E-state index contributed by atoms with van der Waals surface area (Å²) in [4.78, 5) is 28.4. The van der Waals surface area contributed by atoms with Gasteiger partial charge in [0.25, 0.3) is 5.91 Å². The van der Waals surface area contributed by atoms with Crippen molar-refractivity contribution in [2.75, 3.05) is 5.32 Å². The molecule has 0 radical (unpaired) electrons. The predicted molar refractivity (Wildman–Crippen MR) is 77.5 cm³/mol. The molecule has 0 unspecified atom stereocenters. The number of amides is 1. The molecule has 6 heteroatoms. The fourth-order valence-corrected chi connectivity index (χ4v) is 1.72. The summed E-state index contributed by atoms with van der Waals surface area (Å²) in [5, 5.41) is 2.71. The van der Waals surface area contributed by atoms with Crippen LogP contribution in [0, 0.1) is 0 Å². The van der Waals surface area contributed by atoms with Gasteiger partial charge in [-0.05, 0) is 24.3 Å². The van der Waals surface area contributed by atoms with Crippen molar-refractivity contribution in [3.8, 4) is 11.5 Å². The SMILES string of the molecule is O=C(Nc1cnc(-c2ccccn2)nc1)c1cccnc1. The summed E-state index contributed by atoms with van der Waals surface area (Å²) >= 11 is 0. The molecule has 0 fully saturated rings. The molecule has 102 valence electrons. The molecule has 3 aromatic rings. The highest BCUT2D eigenvalue weighted by Gasteiger charge is 2.07. The lowest BCUT2D eigenvalue weighted by atomic mass is 10.2. The maximum Gasteiger partial charge on any atom is 0.257 e. The molecule has 1 amide bonds. The van der Waals surface area contributed by atoms with Crippen LogP contribution in [-0.2, 0) is 0 Å². The van der Waals surface area contributed by atoms with Crippen LogP contribution in [-0.4, -0.2) is 25.8 Å². The topological polar surface area (TPSA) is 80.7 Å². The van der Waals surface area contributed by atoms with Crippen molar-refractivity contribution in [3.63, 3.8) is 0 Å². The Balaban J connectivity index is 1.75. The summed E-state index contributed by atoms with van der Waals surface area (Å²) in [6.45, 7) is 0. The number of pyridine rings is 2. The number of hydrogen-bond acceptors (Lipinski definition) is 5. The van der Waals surface area contributed by atoms with Gasteiger partial charge in [0.05, 0.1) is 23.6 Å². The van der Waals surface area contributed by atoms with E-state index in [9.17, 15) is 4.79 Å². The van der Waals surface area contributed by atoms with Gasteiger partial charge in [-0.1, -0.05) is 6.07 Å². The summed E-state index contributed by atoms with van der Waals surface area (Å²) < 4.78 is 0. The Bertz CT molecular complexity index is 729. The molecule has 0 aromatic carbocycles. The fraction of sp³-hybridized carbons (Fsp3) is 0. The molecule has 0 aliphatic carbocycles. The van der Waals surface area contributed by atoms with Crippen LogP contribution in [0.3, 0.4) is 0 Å². The number of carbonyl (C=O) groups excluding carboxylic acids is 1. The van der Waals surface area contributed by atoms with Gasteiger partial charge >= 0.3 is 0 Å². The van der Waals surface area contributed by atoms with E-state index in [0.717, 1.165) is 0 Å². The summed E-state index contributed by atoms with van der Waals surface area (Å²) in [5.41, 5.74) is 1.68. The Labute approximate surface area is 121 Å². The van der Waals surface area contributed by atoms with Gasteiger partial charge in [0.1, 0.15) is 5.69 Å². The predicted octanol–water partition coefficient (Wildman–Crippen LogP) is 2.19. The lowest BCUT2D eigenvalue weighted by Gasteiger charge is -2.05. The average molecular weight is 277 g/mol. The van der Waals surface area contributed by atoms with Crippen LogP contribution in [0.2, 0.25) is 0 Å². The van der Waals surface area contributed by atoms with E-state index >= 15 is 0 Å². The second kappa shape index (κ2) is 5.87. The number of nitrogens with one attached hydrogen (secondary N) is 1. The van der Waals surface area contributed by atoms with Gasteiger partial charge in [0, 0.05) is 18.6 Å². The molecular formula is C15H11N5O. The number of anilines is 1. The Morgan fingerprint density at radius 2 is 1.76 bits per heavy atom. The van der Waals surface area contributed by atoms with E-state index in [0.29, 0.717) is 22.8 Å². The van der Waals surface area contributed by atoms with Crippen molar-refractivity contribution >= 4 is 11.6 Å². The second-order valence-electron chi connectivity index (χ2n) is 4.21. The molecule has 0 atom stereocenters. The summed E-state index contributed by atoms with van der Waals surface area (Å²) in [6, 6.07) is 8.90. The third-order valence-corrected chi connectivity index (χ3v) is 2.73. The molecule has 3 rings (SSSR count). The lowest BCUT2D eigenvalue weighted by Crippen LogP contribution is -2.12. The summed E-state index contributed by atoms with van der Waals surface area (Å²) in [5.74, 6) is 0.257. The molecule has 21 heavy (non-hydrogen) atoms. The van der Waals surface area contributed by atoms with E-state index in [4.69, 9.17) is 0 Å². The van der Waals surface area contributed by atoms with Crippen molar-refractivity contribution in [1.29, 1.82) is 0 Å². The Morgan fingerprint density at radius 3 is 2.43 bits per heavy atom. The van der Waals surface area contributed by atoms with Gasteiger partial charge < -0.3 is 5.32 Å². The highest BCUT2D eigenvalue weighted by molar-refractivity contribution is 6.03. The maximum absolute atomic E-state index is 11.9. The highest BCUT2D eigenvalue weighted by Crippen LogP contribution is 2.12. The minimum Gasteiger partial charge on any atom is -0.319 e. The number of carbonyl (C=O) groups is 1. The van der Waals surface area contributed by atoms with Gasteiger partial charge in [0.15, 0.2) is 5.82 Å². The number of aromatic nitrogens is 4. The van der Waals surface area contributed by atoms with Gasteiger partial charge in [-0.3, -0.25) is 14.8 Å². The fourth-order valence-electron chi connectivity index (χ4n) is 1.72. The summed E-state index contributed by atoms with van der Waals surface area (Å²) in [7, 11) is 0. The van der Waals surface area contributed by atoms with E-state index in [-0.39, 0.29) is 5.91 Å². The van der Waals surface area contributed by atoms with Gasteiger partial charge in [-0.15, -0.1) is 0 Å². The minimum atomic E-state index is -0.253. The van der Waals surface area contributed by atoms with Gasteiger partial charge in [-0.2, -0.15) is 0 Å². The van der Waals surface area contributed by atoms with Crippen LogP contribution in [0.5, 0.6) is 0 Å². The first kappa shape index (κ1) is 12.9. The largest absolute Gasteiger partial charge is 0.319 e. The zero-order chi connectivity index (χ0) is 14.5. The van der Waals surface area contributed by atoms with Crippen molar-refractivity contribution in [2.45, 2.75) is 0 Å². The lowest BCUT2D eigenvalue weighted by molar-refractivity contribution is 0.102. The maximum atomic E-state index is 11.9. The first-order valence-corrected chi connectivity index (χ1v) is 6.28. The average Bonchev–Trinajstić information content (AvgIpc) is 2.57. The van der Waals surface area contributed by atoms with Gasteiger partial charge in [0.2, 0.25) is 0 Å². The van der Waals surface area contributed by atoms with E-state index < -0.39 is 0 Å². The monoisotopic (exact) mass is 277 g/mol. The minimum absolute atomic E-state index is 0.253. The first-order chi connectivity index (χ1) is 10.3. The quantitative estimate of drug-likeness (QED) is 0.793. The number of rotatable bonds is 3. The number of nitrogens with zero attached hydrogens (tertiary/aromatic N) is 4. The molecule has 6 nitrogen and oxygen atoms in total. The summed E-state index contributed by atoms with van der Waals surface area (Å²) in [6.07, 6.45) is 7.88. The van der Waals surface area contributed by atoms with Crippen LogP contribution >= 0.6 is 0 Å². The third kappa shape index (κ3) is 3.06. The van der Waals surface area contributed by atoms with Crippen molar-refractivity contribution in [1.82, 2.24) is 19.9 Å². The van der Waals surface area contributed by atoms with E-state index in [2.05, 4.69) is 25.3 Å². The highest BCUT2D eigenvalue weighted by atomic mass is 16.1. The number of hydrogen-bond donors (Lipinski definition) is 1. The second-order valence-corrected chi connectivity index (χ2v) is 4.21. The van der Waals surface area contributed by atoms with Crippen LogP contribution < -0.4 is 5.32 Å². The van der Waals surface area contributed by atoms with Crippen LogP contribution in [0.1, 0.15) is 10.4 Å². The van der Waals surface area contributed by atoms with E-state index in [1.807, 2.05) is 18.2 Å². The molecule has 3 heterocycles. The third-order valence-electron chi connectivity index (χ3n) is 2.73. The smallest absolute Gasteiger partial charge is 0.257 e. The van der Waals surface area contributed by atoms with Crippen molar-refractivity contribution < 1.29 is 4.79 Å². The van der Waals surface area contributed by atoms with Crippen LogP contribution in [0.25, 0.3) is 11.5 Å². The Kier molecular flexibility index (Phi) is 3.60. The molecule has 0 aliphatic rings. The van der Waals surface area contributed by atoms with E-state index in [1.54, 1.807) is 36.9 Å². The molecule has 3 aromatic heterocycles. The van der Waals surface area contributed by atoms with Crippen LogP contribution in [0.4, 0.5) is 5.69 Å². The normalized spacial score (nSPS) is 10.1. The van der Waals surface area contributed by atoms with Crippen LogP contribution in [0.15, 0.2) is 61.3 Å². The van der Waals surface area contributed by atoms with Crippen molar-refractivity contribution in [2.24, 2.45) is 0 Å². The Hall–Kier alpha value is -3.15. The van der Waals surface area contributed by atoms with E-state index in [1.165, 1.54) is 6.20 Å². The van der Waals surface area contributed by atoms with Gasteiger partial charge in [-0.25, -0.2) is 9.97 Å². The standard InChI is InChI=1S/C15H11N5O/c21-15(11-4-3-6-16-8-11)20-12-9-18-14(19-10-12)13-5-1-2-7-17-13/h1-10H,(H,20,21). The molecule has 1 N–H and O–H groups in total. The molecule has 0 saturated carbocycles. The molecule has 0 saturated heterocycles. The zero-order valence-electron chi connectivity index (χ0n) is 11.0. The molecule has 0 spiro atoms. The molecule has 0 bridgehead atoms. The molecular weight excluding hydrogens is 266 g/mol.